The molecule has 12 heteroatoms. The number of benzene rings is 2. The van der Waals surface area contributed by atoms with Crippen LogP contribution in [0.5, 0.6) is 5.75 Å². The van der Waals surface area contributed by atoms with Crippen molar-refractivity contribution in [3.8, 4) is 22.7 Å². The minimum atomic E-state index is -0.513. The molecule has 4 N–H and O–H groups in total. The molecule has 1 aliphatic rings. The van der Waals surface area contributed by atoms with E-state index in [1.165, 1.54) is 25.6 Å². The number of nitrogen functional groups attached to an aromatic ring is 1. The number of piperazine rings is 1. The zero-order chi connectivity index (χ0) is 28.3. The molecular formula is C29H28FN9O2. The van der Waals surface area contributed by atoms with Gasteiger partial charge in [0, 0.05) is 38.3 Å². The number of rotatable bonds is 7. The number of hydrogen-bond donors (Lipinski definition) is 3. The monoisotopic (exact) mass is 553 g/mol. The molecule has 1 aliphatic heterocycles. The summed E-state index contributed by atoms with van der Waals surface area (Å²) in [7, 11) is 1.44. The number of ether oxygens (including phenoxy) is 1. The molecule has 41 heavy (non-hydrogen) atoms. The number of nitrogens with one attached hydrogen (secondary N) is 2. The van der Waals surface area contributed by atoms with Crippen molar-refractivity contribution in [3.05, 3.63) is 84.1 Å². The Hall–Kier alpha value is -5.10. The van der Waals surface area contributed by atoms with Crippen molar-refractivity contribution in [1.29, 1.82) is 0 Å². The minimum Gasteiger partial charge on any atom is -0.496 e. The molecule has 2 aromatic carbocycles. The van der Waals surface area contributed by atoms with E-state index >= 15 is 0 Å². The van der Waals surface area contributed by atoms with Crippen molar-refractivity contribution in [1.82, 2.24) is 35.4 Å². The number of hydrogen-bond acceptors (Lipinski definition) is 9. The highest BCUT2D eigenvalue weighted by Crippen LogP contribution is 2.32. The predicted molar refractivity (Wildman–Crippen MR) is 154 cm³/mol. The fraction of sp³-hybridized carbons (Fsp3) is 0.207. The number of fused-ring (bicyclic) bond motifs is 1. The maximum absolute atomic E-state index is 13.7. The first-order valence-electron chi connectivity index (χ1n) is 13.1. The van der Waals surface area contributed by atoms with Crippen molar-refractivity contribution in [2.24, 2.45) is 0 Å². The zero-order valence-corrected chi connectivity index (χ0v) is 22.3. The van der Waals surface area contributed by atoms with E-state index in [0.29, 0.717) is 28.3 Å². The number of carbonyl (C=O) groups excluding carboxylic acids is 1. The molecule has 1 fully saturated rings. The Bertz CT molecular complexity index is 1700. The molecule has 0 spiro atoms. The second-order valence-corrected chi connectivity index (χ2v) is 9.55. The highest BCUT2D eigenvalue weighted by Gasteiger charge is 2.19. The summed E-state index contributed by atoms with van der Waals surface area (Å²) in [5.74, 6) is 0.593. The van der Waals surface area contributed by atoms with E-state index in [1.807, 2.05) is 36.4 Å². The summed E-state index contributed by atoms with van der Waals surface area (Å²) < 4.78 is 20.6. The van der Waals surface area contributed by atoms with Crippen molar-refractivity contribution in [2.45, 2.75) is 6.54 Å². The topological polar surface area (TPSA) is 136 Å². The van der Waals surface area contributed by atoms with Gasteiger partial charge in [-0.15, -0.1) is 0 Å². The lowest BCUT2D eigenvalue weighted by molar-refractivity contribution is 0.0947. The predicted octanol–water partition coefficient (Wildman–Crippen LogP) is 2.95. The molecular weight excluding hydrogens is 525 g/mol. The minimum absolute atomic E-state index is 0.132. The summed E-state index contributed by atoms with van der Waals surface area (Å²) in [4.78, 5) is 28.2. The fourth-order valence-corrected chi connectivity index (χ4v) is 4.86. The van der Waals surface area contributed by atoms with Gasteiger partial charge in [-0.3, -0.25) is 4.79 Å². The van der Waals surface area contributed by atoms with E-state index in [1.54, 1.807) is 10.9 Å². The summed E-state index contributed by atoms with van der Waals surface area (Å²) in [6.07, 6.45) is 3.20. The van der Waals surface area contributed by atoms with Gasteiger partial charge in [0.05, 0.1) is 29.9 Å². The van der Waals surface area contributed by atoms with Gasteiger partial charge in [-0.2, -0.15) is 5.10 Å². The van der Waals surface area contributed by atoms with Crippen molar-refractivity contribution < 1.29 is 13.9 Å². The van der Waals surface area contributed by atoms with Crippen LogP contribution in [-0.2, 0) is 6.54 Å². The van der Waals surface area contributed by atoms with Gasteiger partial charge in [0.25, 0.3) is 5.91 Å². The van der Waals surface area contributed by atoms with E-state index in [0.717, 1.165) is 54.9 Å². The summed E-state index contributed by atoms with van der Waals surface area (Å²) >= 11 is 0. The molecule has 208 valence electrons. The summed E-state index contributed by atoms with van der Waals surface area (Å²) in [6.45, 7) is 3.91. The highest BCUT2D eigenvalue weighted by atomic mass is 19.1. The van der Waals surface area contributed by atoms with E-state index in [9.17, 15) is 9.18 Å². The Morgan fingerprint density at radius 1 is 1.07 bits per heavy atom. The number of nitrogens with zero attached hydrogens (tertiary/aromatic N) is 6. The van der Waals surface area contributed by atoms with Crippen molar-refractivity contribution in [2.75, 3.05) is 43.9 Å². The average molecular weight is 554 g/mol. The lowest BCUT2D eigenvalue weighted by atomic mass is 10.1. The third-order valence-corrected chi connectivity index (χ3v) is 7.00. The van der Waals surface area contributed by atoms with E-state index in [4.69, 9.17) is 15.6 Å². The quantitative estimate of drug-likeness (QED) is 0.278. The fourth-order valence-electron chi connectivity index (χ4n) is 4.86. The SMILES string of the molecule is COc1ccc(F)cc1C(=O)NCc1ccc(-c2nn(-c3ccc(N4CCNCC4)nc3)c3ncnc(N)c23)cc1. The van der Waals surface area contributed by atoms with Crippen LogP contribution in [0.4, 0.5) is 16.0 Å². The Morgan fingerprint density at radius 2 is 1.88 bits per heavy atom. The number of amides is 1. The van der Waals surface area contributed by atoms with Gasteiger partial charge in [-0.25, -0.2) is 24.0 Å². The number of aromatic nitrogens is 5. The Morgan fingerprint density at radius 3 is 2.61 bits per heavy atom. The van der Waals surface area contributed by atoms with E-state index in [-0.39, 0.29) is 12.1 Å². The molecule has 5 aromatic rings. The van der Waals surface area contributed by atoms with Gasteiger partial charge >= 0.3 is 0 Å². The molecule has 0 aliphatic carbocycles. The Balaban J connectivity index is 1.25. The molecule has 1 amide bonds. The number of pyridine rings is 1. The molecule has 0 atom stereocenters. The average Bonchev–Trinajstić information content (AvgIpc) is 3.41. The normalized spacial score (nSPS) is 13.4. The Kier molecular flexibility index (Phi) is 7.13. The molecule has 4 heterocycles. The second kappa shape index (κ2) is 11.2. The van der Waals surface area contributed by atoms with Crippen LogP contribution in [0.1, 0.15) is 15.9 Å². The first-order chi connectivity index (χ1) is 20.0. The van der Waals surface area contributed by atoms with Crippen LogP contribution in [0.3, 0.4) is 0 Å². The van der Waals surface area contributed by atoms with Gasteiger partial charge < -0.3 is 26.0 Å². The van der Waals surface area contributed by atoms with Crippen LogP contribution < -0.4 is 26.0 Å². The highest BCUT2D eigenvalue weighted by molar-refractivity contribution is 5.99. The van der Waals surface area contributed by atoms with Gasteiger partial charge in [-0.1, -0.05) is 24.3 Å². The smallest absolute Gasteiger partial charge is 0.255 e. The lowest BCUT2D eigenvalue weighted by Gasteiger charge is -2.28. The lowest BCUT2D eigenvalue weighted by Crippen LogP contribution is -2.43. The van der Waals surface area contributed by atoms with Crippen LogP contribution in [0.15, 0.2) is 67.1 Å². The third kappa shape index (κ3) is 5.24. The Labute approximate surface area is 235 Å². The summed E-state index contributed by atoms with van der Waals surface area (Å²) in [6, 6.07) is 15.3. The van der Waals surface area contributed by atoms with Crippen molar-refractivity contribution in [3.63, 3.8) is 0 Å². The maximum Gasteiger partial charge on any atom is 0.255 e. The summed E-state index contributed by atoms with van der Waals surface area (Å²) in [5, 5.41) is 11.7. The second-order valence-electron chi connectivity index (χ2n) is 9.55. The van der Waals surface area contributed by atoms with Crippen LogP contribution >= 0.6 is 0 Å². The number of methoxy groups -OCH3 is 1. The van der Waals surface area contributed by atoms with Crippen LogP contribution in [0.2, 0.25) is 0 Å². The standard InChI is InChI=1S/C29H28FN9O2/c1-41-23-8-6-20(30)14-22(23)29(40)34-15-18-2-4-19(5-3-18)26-25-27(31)35-17-36-28(25)39(37-26)21-7-9-24(33-16-21)38-12-10-32-11-13-38/h2-9,14,16-17,32H,10-13,15H2,1H3,(H,34,40)(H2,31,35,36). The molecule has 1 saturated heterocycles. The van der Waals surface area contributed by atoms with Gasteiger partial charge in [0.2, 0.25) is 0 Å². The van der Waals surface area contributed by atoms with Crippen LogP contribution in [0.25, 0.3) is 28.0 Å². The van der Waals surface area contributed by atoms with Gasteiger partial charge in [0.15, 0.2) is 5.65 Å². The van der Waals surface area contributed by atoms with Crippen LogP contribution in [0, 0.1) is 5.82 Å². The molecule has 0 bridgehead atoms. The number of anilines is 2. The molecule has 0 unspecified atom stereocenters. The van der Waals surface area contributed by atoms with Crippen LogP contribution in [-0.4, -0.2) is 63.9 Å². The first-order valence-corrected chi connectivity index (χ1v) is 13.1. The number of carbonyl (C=O) groups is 1. The maximum atomic E-state index is 13.7. The van der Waals surface area contributed by atoms with E-state index in [2.05, 4.69) is 30.5 Å². The zero-order valence-electron chi connectivity index (χ0n) is 22.3. The van der Waals surface area contributed by atoms with Gasteiger partial charge in [-0.05, 0) is 35.9 Å². The van der Waals surface area contributed by atoms with Gasteiger partial charge in [0.1, 0.15) is 35.2 Å². The first kappa shape index (κ1) is 26.1. The largest absolute Gasteiger partial charge is 0.496 e. The molecule has 0 saturated carbocycles. The molecule has 3 aromatic heterocycles. The molecule has 6 rings (SSSR count). The number of halogens is 1. The number of nitrogens with two attached hydrogens (primary N) is 1. The van der Waals surface area contributed by atoms with E-state index < -0.39 is 11.7 Å². The third-order valence-electron chi connectivity index (χ3n) is 7.00. The van der Waals surface area contributed by atoms with Crippen molar-refractivity contribution >= 4 is 28.6 Å². The molecule has 0 radical (unpaired) electrons. The molecule has 11 nitrogen and oxygen atoms in total. The summed E-state index contributed by atoms with van der Waals surface area (Å²) in [5.41, 5.74) is 10.0.